The number of benzene rings is 1. The van der Waals surface area contributed by atoms with Crippen LogP contribution in [0.25, 0.3) is 21.6 Å². The summed E-state index contributed by atoms with van der Waals surface area (Å²) in [6.07, 6.45) is 0. The minimum Gasteiger partial charge on any atom is -0.501 e. The molecule has 0 atom stereocenters. The van der Waals surface area contributed by atoms with E-state index in [9.17, 15) is 20.0 Å². The van der Waals surface area contributed by atoms with Gasteiger partial charge in [0.15, 0.2) is 0 Å². The largest absolute Gasteiger partial charge is 0.501 e. The number of phenols is 1. The molecule has 3 aromatic rings. The van der Waals surface area contributed by atoms with Crippen molar-refractivity contribution < 1.29 is 10.0 Å². The van der Waals surface area contributed by atoms with Crippen LogP contribution in [-0.2, 0) is 0 Å². The molecule has 2 aromatic heterocycles. The van der Waals surface area contributed by atoms with Crippen LogP contribution in [0, 0.1) is 27.5 Å². The summed E-state index contributed by atoms with van der Waals surface area (Å²) in [5.41, 5.74) is 0.559. The zero-order valence-corrected chi connectivity index (χ0v) is 15.0. The van der Waals surface area contributed by atoms with E-state index in [0.29, 0.717) is 19.4 Å². The molecule has 3 rings (SSSR count). The third-order valence-corrected chi connectivity index (χ3v) is 5.48. The van der Waals surface area contributed by atoms with Crippen molar-refractivity contribution >= 4 is 49.8 Å². The van der Waals surface area contributed by atoms with Gasteiger partial charge in [0.2, 0.25) is 5.75 Å². The Labute approximate surface area is 147 Å². The number of phenolic OH excluding ortho intramolecular Hbond substituents is 1. The fourth-order valence-electron chi connectivity index (χ4n) is 2.25. The van der Waals surface area contributed by atoms with Crippen LogP contribution < -0.4 is 5.56 Å². The Morgan fingerprint density at radius 2 is 2.09 bits per heavy atom. The first-order valence-electron chi connectivity index (χ1n) is 6.47. The van der Waals surface area contributed by atoms with E-state index in [4.69, 9.17) is 0 Å². The maximum atomic E-state index is 12.3. The number of nitro benzene ring substituents is 1. The molecule has 118 valence electrons. The van der Waals surface area contributed by atoms with E-state index in [1.165, 1.54) is 17.4 Å². The third kappa shape index (κ3) is 2.59. The van der Waals surface area contributed by atoms with Crippen molar-refractivity contribution in [3.63, 3.8) is 0 Å². The second-order valence-electron chi connectivity index (χ2n) is 4.96. The molecule has 0 amide bonds. The Hall–Kier alpha value is -2.01. The highest BCUT2D eigenvalue weighted by Crippen LogP contribution is 2.35. The van der Waals surface area contributed by atoms with Gasteiger partial charge in [0.25, 0.3) is 5.56 Å². The number of hydrogen-bond donors (Lipinski definition) is 2. The molecule has 0 radical (unpaired) electrons. The standard InChI is InChI=1S/C14H10IN3O4S/c1-5-6(2)23-14-10(5)13(20)16-12(17-14)7-3-8(15)11(19)9(4-7)18(21)22/h3-4,19H,1-2H3,(H,16,17,20). The van der Waals surface area contributed by atoms with Crippen LogP contribution in [0.4, 0.5) is 5.69 Å². The first-order chi connectivity index (χ1) is 10.8. The van der Waals surface area contributed by atoms with Crippen molar-refractivity contribution in [2.24, 2.45) is 0 Å². The highest BCUT2D eigenvalue weighted by atomic mass is 127. The van der Waals surface area contributed by atoms with E-state index in [-0.39, 0.29) is 11.4 Å². The van der Waals surface area contributed by atoms with Crippen LogP contribution in [0.1, 0.15) is 10.4 Å². The fourth-order valence-corrected chi connectivity index (χ4v) is 3.89. The molecule has 0 aliphatic heterocycles. The molecule has 2 heterocycles. The normalized spacial score (nSPS) is 11.1. The highest BCUT2D eigenvalue weighted by molar-refractivity contribution is 14.1. The molecule has 0 fully saturated rings. The number of nitrogens with zero attached hydrogens (tertiary/aromatic N) is 2. The van der Waals surface area contributed by atoms with Gasteiger partial charge in [-0.2, -0.15) is 0 Å². The second kappa shape index (κ2) is 5.57. The Morgan fingerprint density at radius 3 is 2.74 bits per heavy atom. The first kappa shape index (κ1) is 15.9. The zero-order valence-electron chi connectivity index (χ0n) is 12.0. The summed E-state index contributed by atoms with van der Waals surface area (Å²) in [5, 5.41) is 21.3. The van der Waals surface area contributed by atoms with Crippen molar-refractivity contribution in [3.05, 3.63) is 46.6 Å². The molecule has 0 saturated heterocycles. The van der Waals surface area contributed by atoms with Crippen LogP contribution in [0.15, 0.2) is 16.9 Å². The molecule has 7 nitrogen and oxygen atoms in total. The smallest absolute Gasteiger partial charge is 0.312 e. The van der Waals surface area contributed by atoms with E-state index in [1.54, 1.807) is 28.7 Å². The summed E-state index contributed by atoms with van der Waals surface area (Å²) in [4.78, 5) is 31.3. The van der Waals surface area contributed by atoms with Crippen molar-refractivity contribution in [2.45, 2.75) is 13.8 Å². The predicted octanol–water partition coefficient (Wildman–Crippen LogP) is 3.49. The monoisotopic (exact) mass is 443 g/mol. The number of halogens is 1. The van der Waals surface area contributed by atoms with Gasteiger partial charge in [0.05, 0.1) is 13.9 Å². The lowest BCUT2D eigenvalue weighted by molar-refractivity contribution is -0.385. The molecule has 0 spiro atoms. The number of H-pyrrole nitrogens is 1. The zero-order chi connectivity index (χ0) is 16.9. The van der Waals surface area contributed by atoms with Crippen molar-refractivity contribution in [1.29, 1.82) is 0 Å². The molecule has 1 aromatic carbocycles. The SMILES string of the molecule is Cc1sc2nc(-c3cc(I)c(O)c([N+](=O)[O-])c3)[nH]c(=O)c2c1C. The molecular formula is C14H10IN3O4S. The molecule has 9 heteroatoms. The third-order valence-electron chi connectivity index (χ3n) is 3.55. The predicted molar refractivity (Wildman–Crippen MR) is 96.2 cm³/mol. The Balaban J connectivity index is 2.29. The average Bonchev–Trinajstić information content (AvgIpc) is 2.76. The summed E-state index contributed by atoms with van der Waals surface area (Å²) in [5.74, 6) is -0.157. The maximum absolute atomic E-state index is 12.3. The number of aromatic nitrogens is 2. The van der Waals surface area contributed by atoms with Gasteiger partial charge < -0.3 is 10.1 Å². The fraction of sp³-hybridized carbons (Fsp3) is 0.143. The topological polar surface area (TPSA) is 109 Å². The summed E-state index contributed by atoms with van der Waals surface area (Å²) in [6.45, 7) is 3.77. The lowest BCUT2D eigenvalue weighted by atomic mass is 10.1. The van der Waals surface area contributed by atoms with Gasteiger partial charge in [-0.25, -0.2) is 4.98 Å². The number of nitrogens with one attached hydrogen (secondary N) is 1. The number of hydrogen-bond acceptors (Lipinski definition) is 6. The highest BCUT2D eigenvalue weighted by Gasteiger charge is 2.20. The van der Waals surface area contributed by atoms with Crippen LogP contribution >= 0.6 is 33.9 Å². The van der Waals surface area contributed by atoms with Gasteiger partial charge in [-0.1, -0.05) is 0 Å². The molecular weight excluding hydrogens is 433 g/mol. The molecule has 23 heavy (non-hydrogen) atoms. The lowest BCUT2D eigenvalue weighted by Gasteiger charge is -2.05. The van der Waals surface area contributed by atoms with Gasteiger partial charge in [-0.05, 0) is 48.1 Å². The second-order valence-corrected chi connectivity index (χ2v) is 7.33. The summed E-state index contributed by atoms with van der Waals surface area (Å²) >= 11 is 3.20. The number of aryl methyl sites for hydroxylation is 2. The Kier molecular flexibility index (Phi) is 3.84. The van der Waals surface area contributed by atoms with E-state index >= 15 is 0 Å². The molecule has 0 bridgehead atoms. The number of rotatable bonds is 2. The molecule has 0 aliphatic carbocycles. The van der Waals surface area contributed by atoms with Crippen LogP contribution in [-0.4, -0.2) is 20.0 Å². The Morgan fingerprint density at radius 1 is 1.39 bits per heavy atom. The number of aromatic amines is 1. The van der Waals surface area contributed by atoms with Gasteiger partial charge in [0, 0.05) is 16.5 Å². The number of thiophene rings is 1. The minimum atomic E-state index is -0.670. The number of fused-ring (bicyclic) bond motifs is 1. The van der Waals surface area contributed by atoms with E-state index in [0.717, 1.165) is 10.4 Å². The van der Waals surface area contributed by atoms with Crippen molar-refractivity contribution in [1.82, 2.24) is 9.97 Å². The van der Waals surface area contributed by atoms with E-state index in [2.05, 4.69) is 9.97 Å². The van der Waals surface area contributed by atoms with Gasteiger partial charge in [-0.3, -0.25) is 14.9 Å². The van der Waals surface area contributed by atoms with E-state index < -0.39 is 16.4 Å². The van der Waals surface area contributed by atoms with Crippen LogP contribution in [0.3, 0.4) is 0 Å². The molecule has 0 saturated carbocycles. The summed E-state index contributed by atoms with van der Waals surface area (Å²) in [6, 6.07) is 2.75. The quantitative estimate of drug-likeness (QED) is 0.358. The average molecular weight is 443 g/mol. The first-order valence-corrected chi connectivity index (χ1v) is 8.36. The maximum Gasteiger partial charge on any atom is 0.312 e. The van der Waals surface area contributed by atoms with Crippen LogP contribution in [0.5, 0.6) is 5.75 Å². The number of nitro groups is 1. The van der Waals surface area contributed by atoms with Gasteiger partial charge in [-0.15, -0.1) is 11.3 Å². The van der Waals surface area contributed by atoms with Gasteiger partial charge in [0.1, 0.15) is 10.7 Å². The minimum absolute atomic E-state index is 0.241. The molecule has 2 N–H and O–H groups in total. The van der Waals surface area contributed by atoms with Crippen LogP contribution in [0.2, 0.25) is 0 Å². The Bertz CT molecular complexity index is 1030. The van der Waals surface area contributed by atoms with Crippen molar-refractivity contribution in [3.8, 4) is 17.1 Å². The number of aromatic hydroxyl groups is 1. The van der Waals surface area contributed by atoms with Gasteiger partial charge >= 0.3 is 5.69 Å². The molecule has 0 aliphatic rings. The summed E-state index contributed by atoms with van der Waals surface area (Å²) < 4.78 is 0.313. The van der Waals surface area contributed by atoms with Crippen molar-refractivity contribution in [2.75, 3.05) is 0 Å². The lowest BCUT2D eigenvalue weighted by Crippen LogP contribution is -2.09. The summed E-state index contributed by atoms with van der Waals surface area (Å²) in [7, 11) is 0. The van der Waals surface area contributed by atoms with E-state index in [1.807, 2.05) is 13.8 Å². The molecule has 0 unspecified atom stereocenters.